The first kappa shape index (κ1) is 14.3. The molecule has 5 heteroatoms. The number of likely N-dealkylation sites (N-methyl/N-ethyl adjacent to an activating group) is 1. The number of carbonyl (C=O) groups is 1. The SMILES string of the molecule is CCN(CC1CCCO1)c1cc(Br)cc(C(=O)O)c1. The summed E-state index contributed by atoms with van der Waals surface area (Å²) >= 11 is 3.37. The lowest BCUT2D eigenvalue weighted by molar-refractivity contribution is 0.0697. The molecule has 0 spiro atoms. The quantitative estimate of drug-likeness (QED) is 0.902. The van der Waals surface area contributed by atoms with Gasteiger partial charge in [-0.05, 0) is 38.0 Å². The van der Waals surface area contributed by atoms with Crippen molar-refractivity contribution < 1.29 is 14.6 Å². The van der Waals surface area contributed by atoms with E-state index in [4.69, 9.17) is 9.84 Å². The summed E-state index contributed by atoms with van der Waals surface area (Å²) in [7, 11) is 0. The van der Waals surface area contributed by atoms with E-state index in [0.29, 0.717) is 5.56 Å². The number of rotatable bonds is 5. The fourth-order valence-electron chi connectivity index (χ4n) is 2.33. The van der Waals surface area contributed by atoms with E-state index in [1.807, 2.05) is 6.07 Å². The van der Waals surface area contributed by atoms with E-state index in [1.165, 1.54) is 0 Å². The number of carboxylic acid groups (broad SMARTS) is 1. The summed E-state index contributed by atoms with van der Waals surface area (Å²) in [6.45, 7) is 4.54. The van der Waals surface area contributed by atoms with Crippen LogP contribution >= 0.6 is 15.9 Å². The fourth-order valence-corrected chi connectivity index (χ4v) is 2.81. The van der Waals surface area contributed by atoms with Gasteiger partial charge in [-0.1, -0.05) is 15.9 Å². The second-order valence-corrected chi connectivity index (χ2v) is 5.59. The topological polar surface area (TPSA) is 49.8 Å². The van der Waals surface area contributed by atoms with Gasteiger partial charge in [0, 0.05) is 29.9 Å². The van der Waals surface area contributed by atoms with Crippen molar-refractivity contribution in [2.45, 2.75) is 25.9 Å². The van der Waals surface area contributed by atoms with Crippen molar-refractivity contribution in [3.63, 3.8) is 0 Å². The van der Waals surface area contributed by atoms with Crippen LogP contribution in [-0.2, 0) is 4.74 Å². The first-order chi connectivity index (χ1) is 9.10. The molecule has 1 fully saturated rings. The molecule has 4 nitrogen and oxygen atoms in total. The van der Waals surface area contributed by atoms with E-state index in [9.17, 15) is 4.79 Å². The van der Waals surface area contributed by atoms with Gasteiger partial charge in [-0.2, -0.15) is 0 Å². The minimum Gasteiger partial charge on any atom is -0.478 e. The third-order valence-corrected chi connectivity index (χ3v) is 3.78. The average molecular weight is 328 g/mol. The summed E-state index contributed by atoms with van der Waals surface area (Å²) in [5, 5.41) is 9.11. The molecule has 1 aliphatic rings. The number of halogens is 1. The molecular formula is C14H18BrNO3. The zero-order chi connectivity index (χ0) is 13.8. The standard InChI is InChI=1S/C14H18BrNO3/c1-2-16(9-13-4-3-5-19-13)12-7-10(14(17)18)6-11(15)8-12/h6-8,13H,2-5,9H2,1H3,(H,17,18). The zero-order valence-electron chi connectivity index (χ0n) is 10.9. The third-order valence-electron chi connectivity index (χ3n) is 3.32. The molecule has 104 valence electrons. The number of hydrogen-bond donors (Lipinski definition) is 1. The number of hydrogen-bond acceptors (Lipinski definition) is 3. The number of benzene rings is 1. The summed E-state index contributed by atoms with van der Waals surface area (Å²) < 4.78 is 6.43. The van der Waals surface area contributed by atoms with Crippen LogP contribution in [0.25, 0.3) is 0 Å². The van der Waals surface area contributed by atoms with E-state index in [0.717, 1.165) is 42.7 Å². The first-order valence-corrected chi connectivity index (χ1v) is 7.30. The number of carboxylic acids is 1. The van der Waals surface area contributed by atoms with Gasteiger partial charge in [0.2, 0.25) is 0 Å². The van der Waals surface area contributed by atoms with Gasteiger partial charge in [0.25, 0.3) is 0 Å². The second-order valence-electron chi connectivity index (χ2n) is 4.68. The Balaban J connectivity index is 2.19. The number of aromatic carboxylic acids is 1. The maximum atomic E-state index is 11.1. The van der Waals surface area contributed by atoms with E-state index >= 15 is 0 Å². The molecule has 19 heavy (non-hydrogen) atoms. The lowest BCUT2D eigenvalue weighted by Gasteiger charge is -2.26. The molecule has 0 bridgehead atoms. The Morgan fingerprint density at radius 1 is 1.53 bits per heavy atom. The minimum absolute atomic E-state index is 0.257. The maximum Gasteiger partial charge on any atom is 0.335 e. The highest BCUT2D eigenvalue weighted by atomic mass is 79.9. The smallest absolute Gasteiger partial charge is 0.335 e. The van der Waals surface area contributed by atoms with Gasteiger partial charge in [-0.15, -0.1) is 0 Å². The van der Waals surface area contributed by atoms with Crippen molar-refractivity contribution in [3.8, 4) is 0 Å². The van der Waals surface area contributed by atoms with Crippen molar-refractivity contribution in [1.29, 1.82) is 0 Å². The highest BCUT2D eigenvalue weighted by molar-refractivity contribution is 9.10. The van der Waals surface area contributed by atoms with Gasteiger partial charge in [0.05, 0.1) is 11.7 Å². The summed E-state index contributed by atoms with van der Waals surface area (Å²) in [6, 6.07) is 5.28. The van der Waals surface area contributed by atoms with Crippen LogP contribution in [0.3, 0.4) is 0 Å². The number of nitrogens with zero attached hydrogens (tertiary/aromatic N) is 1. The predicted octanol–water partition coefficient (Wildman–Crippen LogP) is 3.15. The molecule has 1 N–H and O–H groups in total. The molecule has 1 aliphatic heterocycles. The normalized spacial score (nSPS) is 18.5. The Morgan fingerprint density at radius 2 is 2.32 bits per heavy atom. The van der Waals surface area contributed by atoms with Gasteiger partial charge in [-0.3, -0.25) is 0 Å². The number of anilines is 1. The van der Waals surface area contributed by atoms with Crippen LogP contribution in [0.2, 0.25) is 0 Å². The Kier molecular flexibility index (Phi) is 4.82. The molecule has 1 aromatic rings. The molecule has 1 unspecified atom stereocenters. The predicted molar refractivity (Wildman–Crippen MR) is 78.0 cm³/mol. The van der Waals surface area contributed by atoms with E-state index in [-0.39, 0.29) is 6.10 Å². The summed E-state index contributed by atoms with van der Waals surface area (Å²) in [5.41, 5.74) is 1.22. The maximum absolute atomic E-state index is 11.1. The minimum atomic E-state index is -0.907. The molecule has 1 saturated heterocycles. The molecule has 0 amide bonds. The highest BCUT2D eigenvalue weighted by Gasteiger charge is 2.19. The van der Waals surface area contributed by atoms with Crippen LogP contribution in [0.1, 0.15) is 30.1 Å². The van der Waals surface area contributed by atoms with Crippen molar-refractivity contribution >= 4 is 27.6 Å². The number of ether oxygens (including phenoxy) is 1. The Hall–Kier alpha value is -1.07. The fraction of sp³-hybridized carbons (Fsp3) is 0.500. The molecule has 2 rings (SSSR count). The summed E-state index contributed by atoms with van der Waals surface area (Å²) in [6.07, 6.45) is 2.45. The lowest BCUT2D eigenvalue weighted by Crippen LogP contribution is -2.32. The van der Waals surface area contributed by atoms with E-state index in [2.05, 4.69) is 27.8 Å². The monoisotopic (exact) mass is 327 g/mol. The van der Waals surface area contributed by atoms with Gasteiger partial charge in [0.1, 0.15) is 0 Å². The summed E-state index contributed by atoms with van der Waals surface area (Å²) in [4.78, 5) is 13.3. The van der Waals surface area contributed by atoms with Gasteiger partial charge < -0.3 is 14.7 Å². The average Bonchev–Trinajstić information content (AvgIpc) is 2.88. The van der Waals surface area contributed by atoms with Gasteiger partial charge >= 0.3 is 5.97 Å². The Labute approximate surface area is 121 Å². The Morgan fingerprint density at radius 3 is 2.89 bits per heavy atom. The van der Waals surface area contributed by atoms with Gasteiger partial charge in [-0.25, -0.2) is 4.79 Å². The largest absolute Gasteiger partial charge is 0.478 e. The van der Waals surface area contributed by atoms with E-state index in [1.54, 1.807) is 12.1 Å². The van der Waals surface area contributed by atoms with Crippen LogP contribution in [-0.4, -0.2) is 36.9 Å². The van der Waals surface area contributed by atoms with Gasteiger partial charge in [0.15, 0.2) is 0 Å². The molecule has 0 radical (unpaired) electrons. The molecule has 1 aromatic carbocycles. The van der Waals surface area contributed by atoms with E-state index < -0.39 is 5.97 Å². The lowest BCUT2D eigenvalue weighted by atomic mass is 10.1. The van der Waals surface area contributed by atoms with Crippen LogP contribution in [0.5, 0.6) is 0 Å². The Bertz CT molecular complexity index is 458. The first-order valence-electron chi connectivity index (χ1n) is 6.50. The molecule has 0 saturated carbocycles. The van der Waals surface area contributed by atoms with Crippen LogP contribution in [0.4, 0.5) is 5.69 Å². The molecule has 1 heterocycles. The highest BCUT2D eigenvalue weighted by Crippen LogP contribution is 2.24. The van der Waals surface area contributed by atoms with Crippen molar-refractivity contribution in [2.24, 2.45) is 0 Å². The summed E-state index contributed by atoms with van der Waals surface area (Å²) in [5.74, 6) is -0.907. The third kappa shape index (κ3) is 3.70. The van der Waals surface area contributed by atoms with Crippen molar-refractivity contribution in [2.75, 3.05) is 24.6 Å². The molecular weight excluding hydrogens is 310 g/mol. The van der Waals surface area contributed by atoms with Crippen LogP contribution in [0.15, 0.2) is 22.7 Å². The second kappa shape index (κ2) is 6.39. The zero-order valence-corrected chi connectivity index (χ0v) is 12.5. The molecule has 0 aliphatic carbocycles. The molecule has 0 aromatic heterocycles. The van der Waals surface area contributed by atoms with Crippen molar-refractivity contribution in [3.05, 3.63) is 28.2 Å². The van der Waals surface area contributed by atoms with Crippen molar-refractivity contribution in [1.82, 2.24) is 0 Å². The molecule has 1 atom stereocenters. The van der Waals surface area contributed by atoms with Crippen LogP contribution < -0.4 is 4.90 Å². The van der Waals surface area contributed by atoms with Crippen LogP contribution in [0, 0.1) is 0 Å².